The largest absolute Gasteiger partial charge is 0.466 e. The molecule has 1 aliphatic heterocycles. The lowest BCUT2D eigenvalue weighted by atomic mass is 10.1. The highest BCUT2D eigenvalue weighted by Crippen LogP contribution is 2.31. The molecule has 2 aromatic rings. The van der Waals surface area contributed by atoms with E-state index in [1.54, 1.807) is 38.1 Å². The normalized spacial score (nSPS) is 14.6. The second-order valence-electron chi connectivity index (χ2n) is 5.95. The fourth-order valence-electron chi connectivity index (χ4n) is 2.53. The third-order valence-electron chi connectivity index (χ3n) is 3.48. The molecule has 126 valence electrons. The number of esters is 1. The van der Waals surface area contributed by atoms with E-state index >= 15 is 0 Å². The summed E-state index contributed by atoms with van der Waals surface area (Å²) in [6.07, 6.45) is 1.53. The summed E-state index contributed by atoms with van der Waals surface area (Å²) in [6.45, 7) is 4.74. The van der Waals surface area contributed by atoms with Gasteiger partial charge in [0.1, 0.15) is 11.6 Å². The molecule has 7 nitrogen and oxygen atoms in total. The van der Waals surface area contributed by atoms with E-state index in [9.17, 15) is 9.59 Å². The molecule has 1 aromatic heterocycles. The molecule has 0 bridgehead atoms. The van der Waals surface area contributed by atoms with Gasteiger partial charge in [-0.2, -0.15) is 5.26 Å². The quantitative estimate of drug-likeness (QED) is 0.743. The molecule has 0 saturated heterocycles. The Hall–Kier alpha value is -3.40. The Bertz CT molecular complexity index is 996. The van der Waals surface area contributed by atoms with Gasteiger partial charge in [0.2, 0.25) is 0 Å². The number of carbonyl (C=O) groups excluding carboxylic acids is 1. The number of nitriles is 1. The summed E-state index contributed by atoms with van der Waals surface area (Å²) in [5.74, 6) is 0.150. The van der Waals surface area contributed by atoms with Gasteiger partial charge in [-0.25, -0.2) is 4.99 Å². The number of fused-ring (bicyclic) bond motifs is 1. The fourth-order valence-corrected chi connectivity index (χ4v) is 2.53. The SMILES string of the molecule is CC(=O)Oc1cccn(C2=NC(C)(C)Oc3ccc(C#N)cc32)c1=O. The lowest BCUT2D eigenvalue weighted by Crippen LogP contribution is -2.38. The van der Waals surface area contributed by atoms with E-state index in [1.165, 1.54) is 23.8 Å². The molecule has 0 atom stereocenters. The van der Waals surface area contributed by atoms with E-state index in [1.807, 2.05) is 0 Å². The molecule has 0 N–H and O–H groups in total. The molecular weight excluding hydrogens is 322 g/mol. The summed E-state index contributed by atoms with van der Waals surface area (Å²) in [7, 11) is 0. The topological polar surface area (TPSA) is 93.7 Å². The van der Waals surface area contributed by atoms with Crippen LogP contribution in [0, 0.1) is 11.3 Å². The Labute approximate surface area is 143 Å². The molecule has 0 aliphatic carbocycles. The van der Waals surface area contributed by atoms with Crippen LogP contribution in [0.15, 0.2) is 46.3 Å². The second-order valence-corrected chi connectivity index (χ2v) is 5.95. The van der Waals surface area contributed by atoms with Gasteiger partial charge in [-0.15, -0.1) is 0 Å². The average molecular weight is 337 g/mol. The Balaban J connectivity index is 2.23. The first-order chi connectivity index (χ1) is 11.8. The maximum absolute atomic E-state index is 12.7. The van der Waals surface area contributed by atoms with E-state index in [0.29, 0.717) is 22.7 Å². The summed E-state index contributed by atoms with van der Waals surface area (Å²) in [5.41, 5.74) is -0.491. The maximum Gasteiger partial charge on any atom is 0.308 e. The van der Waals surface area contributed by atoms with Crippen LogP contribution in [0.3, 0.4) is 0 Å². The van der Waals surface area contributed by atoms with Crippen LogP contribution < -0.4 is 15.0 Å². The number of benzene rings is 1. The van der Waals surface area contributed by atoms with E-state index in [0.717, 1.165) is 0 Å². The maximum atomic E-state index is 12.7. The zero-order valence-electron chi connectivity index (χ0n) is 13.9. The molecule has 2 heterocycles. The number of nitrogens with zero attached hydrogens (tertiary/aromatic N) is 3. The van der Waals surface area contributed by atoms with Crippen molar-refractivity contribution in [3.05, 3.63) is 58.0 Å². The lowest BCUT2D eigenvalue weighted by molar-refractivity contribution is -0.132. The van der Waals surface area contributed by atoms with Gasteiger partial charge in [0.05, 0.1) is 17.2 Å². The number of aliphatic imine (C=N–C) groups is 1. The van der Waals surface area contributed by atoms with Gasteiger partial charge in [-0.3, -0.25) is 14.2 Å². The number of carbonyl (C=O) groups is 1. The highest BCUT2D eigenvalue weighted by Gasteiger charge is 2.30. The first-order valence-electron chi connectivity index (χ1n) is 7.54. The third-order valence-corrected chi connectivity index (χ3v) is 3.48. The zero-order chi connectivity index (χ0) is 18.2. The van der Waals surface area contributed by atoms with Gasteiger partial charge in [-0.05, 0) is 44.2 Å². The number of ether oxygens (including phenoxy) is 2. The molecule has 0 fully saturated rings. The molecule has 0 amide bonds. The van der Waals surface area contributed by atoms with E-state index in [2.05, 4.69) is 11.1 Å². The monoisotopic (exact) mass is 337 g/mol. The number of hydrogen-bond acceptors (Lipinski definition) is 6. The fraction of sp³-hybridized carbons (Fsp3) is 0.222. The number of hydrogen-bond donors (Lipinski definition) is 0. The molecule has 1 aliphatic rings. The van der Waals surface area contributed by atoms with Gasteiger partial charge in [0.25, 0.3) is 5.56 Å². The van der Waals surface area contributed by atoms with Crippen molar-refractivity contribution in [2.45, 2.75) is 26.5 Å². The summed E-state index contributed by atoms with van der Waals surface area (Å²) < 4.78 is 12.0. The number of aromatic nitrogens is 1. The molecular formula is C18H15N3O4. The van der Waals surface area contributed by atoms with E-state index < -0.39 is 17.3 Å². The predicted molar refractivity (Wildman–Crippen MR) is 89.8 cm³/mol. The number of pyridine rings is 1. The number of rotatable bonds is 1. The standard InChI is InChI=1S/C18H15N3O4/c1-11(22)24-15-5-4-8-21(17(15)23)16-13-9-12(10-19)6-7-14(13)25-18(2,3)20-16/h4-9H,1-3H3. The minimum absolute atomic E-state index is 0.0972. The highest BCUT2D eigenvalue weighted by molar-refractivity contribution is 6.04. The van der Waals surface area contributed by atoms with Gasteiger partial charge in [0, 0.05) is 13.1 Å². The lowest BCUT2D eigenvalue weighted by Gasteiger charge is -2.30. The summed E-state index contributed by atoms with van der Waals surface area (Å²) in [4.78, 5) is 28.3. The van der Waals surface area contributed by atoms with Crippen molar-refractivity contribution < 1.29 is 14.3 Å². The predicted octanol–water partition coefficient (Wildman–Crippen LogP) is 2.07. The molecule has 25 heavy (non-hydrogen) atoms. The molecule has 3 rings (SSSR count). The van der Waals surface area contributed by atoms with Crippen molar-refractivity contribution >= 4 is 11.8 Å². The Kier molecular flexibility index (Phi) is 3.89. The molecule has 1 aromatic carbocycles. The highest BCUT2D eigenvalue weighted by atomic mass is 16.5. The van der Waals surface area contributed by atoms with Crippen LogP contribution in [0.2, 0.25) is 0 Å². The average Bonchev–Trinajstić information content (AvgIpc) is 2.54. The molecule has 0 radical (unpaired) electrons. The minimum Gasteiger partial charge on any atom is -0.466 e. The van der Waals surface area contributed by atoms with Crippen LogP contribution in [0.25, 0.3) is 0 Å². The first-order valence-corrected chi connectivity index (χ1v) is 7.54. The van der Waals surface area contributed by atoms with Crippen molar-refractivity contribution in [2.24, 2.45) is 4.99 Å². The van der Waals surface area contributed by atoms with Crippen LogP contribution >= 0.6 is 0 Å². The Morgan fingerprint density at radius 3 is 2.80 bits per heavy atom. The van der Waals surface area contributed by atoms with Gasteiger partial charge in [0.15, 0.2) is 11.5 Å². The third kappa shape index (κ3) is 3.15. The van der Waals surface area contributed by atoms with E-state index in [-0.39, 0.29) is 5.75 Å². The smallest absolute Gasteiger partial charge is 0.308 e. The van der Waals surface area contributed by atoms with Crippen LogP contribution in [-0.4, -0.2) is 22.1 Å². The van der Waals surface area contributed by atoms with Gasteiger partial charge >= 0.3 is 5.97 Å². The van der Waals surface area contributed by atoms with Crippen LogP contribution in [0.5, 0.6) is 11.5 Å². The second kappa shape index (κ2) is 5.91. The summed E-state index contributed by atoms with van der Waals surface area (Å²) in [6, 6.07) is 9.96. The zero-order valence-corrected chi connectivity index (χ0v) is 13.9. The van der Waals surface area contributed by atoms with E-state index in [4.69, 9.17) is 14.7 Å². The minimum atomic E-state index is -0.895. The van der Waals surface area contributed by atoms with Crippen LogP contribution in [0.1, 0.15) is 31.9 Å². The van der Waals surface area contributed by atoms with Crippen molar-refractivity contribution in [2.75, 3.05) is 0 Å². The van der Waals surface area contributed by atoms with Gasteiger partial charge in [-0.1, -0.05) is 0 Å². The Morgan fingerprint density at radius 2 is 2.12 bits per heavy atom. The van der Waals surface area contributed by atoms with Crippen molar-refractivity contribution in [1.29, 1.82) is 5.26 Å². The van der Waals surface area contributed by atoms with Crippen LogP contribution in [0.4, 0.5) is 0 Å². The Morgan fingerprint density at radius 1 is 1.36 bits per heavy atom. The first kappa shape index (κ1) is 16.5. The van der Waals surface area contributed by atoms with Gasteiger partial charge < -0.3 is 9.47 Å². The van der Waals surface area contributed by atoms with Crippen molar-refractivity contribution in [3.63, 3.8) is 0 Å². The van der Waals surface area contributed by atoms with Crippen molar-refractivity contribution in [1.82, 2.24) is 4.57 Å². The summed E-state index contributed by atoms with van der Waals surface area (Å²) >= 11 is 0. The van der Waals surface area contributed by atoms with Crippen LogP contribution in [-0.2, 0) is 4.79 Å². The molecule has 0 saturated carbocycles. The van der Waals surface area contributed by atoms with Crippen molar-refractivity contribution in [3.8, 4) is 17.6 Å². The molecule has 7 heteroatoms. The summed E-state index contributed by atoms with van der Waals surface area (Å²) in [5, 5.41) is 9.14. The molecule has 0 unspecified atom stereocenters. The molecule has 0 spiro atoms.